The van der Waals surface area contributed by atoms with Crippen molar-refractivity contribution in [2.75, 3.05) is 0 Å². The Morgan fingerprint density at radius 3 is 2.64 bits per heavy atom. The first kappa shape index (κ1) is 15.0. The zero-order valence-corrected chi connectivity index (χ0v) is 12.9. The van der Waals surface area contributed by atoms with E-state index in [4.69, 9.17) is 0 Å². The summed E-state index contributed by atoms with van der Waals surface area (Å²) in [5.41, 5.74) is 2.15. The van der Waals surface area contributed by atoms with Gasteiger partial charge < -0.3 is 4.98 Å². The Morgan fingerprint density at radius 1 is 0.960 bits per heavy atom. The molecule has 0 amide bonds. The molecule has 0 fully saturated rings. The molecule has 0 unspecified atom stereocenters. The summed E-state index contributed by atoms with van der Waals surface area (Å²) < 4.78 is 27.4. The molecule has 0 bridgehead atoms. The topological polar surface area (TPSA) is 41.6 Å². The van der Waals surface area contributed by atoms with Crippen LogP contribution in [-0.2, 0) is 0 Å². The minimum atomic E-state index is -0.652. The number of rotatable bonds is 1. The molecular weight excluding hydrogens is 320 g/mol. The lowest BCUT2D eigenvalue weighted by Gasteiger charge is -2.00. The van der Waals surface area contributed by atoms with E-state index in [-0.39, 0.29) is 5.52 Å². The maximum atomic E-state index is 13.8. The molecular formula is C20H11F2N3. The van der Waals surface area contributed by atoms with Crippen LogP contribution in [0.25, 0.3) is 22.3 Å². The van der Waals surface area contributed by atoms with Gasteiger partial charge in [-0.2, -0.15) is 0 Å². The molecule has 0 aliphatic heterocycles. The van der Waals surface area contributed by atoms with E-state index in [9.17, 15) is 8.78 Å². The molecule has 0 saturated carbocycles. The maximum Gasteiger partial charge on any atom is 0.162 e. The summed E-state index contributed by atoms with van der Waals surface area (Å²) in [6.07, 6.45) is 3.14. The van der Waals surface area contributed by atoms with Gasteiger partial charge in [0.15, 0.2) is 5.82 Å². The van der Waals surface area contributed by atoms with Gasteiger partial charge >= 0.3 is 0 Å². The molecule has 120 valence electrons. The minimum absolute atomic E-state index is 0.223. The fraction of sp³-hybridized carbons (Fsp3) is 0. The van der Waals surface area contributed by atoms with E-state index in [1.54, 1.807) is 18.5 Å². The fourth-order valence-corrected chi connectivity index (χ4v) is 2.56. The van der Waals surface area contributed by atoms with Gasteiger partial charge in [0.25, 0.3) is 0 Å². The van der Waals surface area contributed by atoms with Crippen molar-refractivity contribution < 1.29 is 8.78 Å². The minimum Gasteiger partial charge on any atom is -0.358 e. The summed E-state index contributed by atoms with van der Waals surface area (Å²) in [6.45, 7) is 0. The normalized spacial score (nSPS) is 10.5. The number of halogens is 2. The number of aromatic amines is 1. The van der Waals surface area contributed by atoms with Crippen LogP contribution in [0.3, 0.4) is 0 Å². The molecule has 3 nitrogen and oxygen atoms in total. The van der Waals surface area contributed by atoms with Gasteiger partial charge in [0, 0.05) is 35.0 Å². The second kappa shape index (κ2) is 6.17. The van der Waals surface area contributed by atoms with E-state index < -0.39 is 11.6 Å². The maximum absolute atomic E-state index is 13.8. The standard InChI is InChI=1S/C20H11F2N3/c21-14-10-16-17(12-24-19(16)18(22)11-14)20-23-9-8-15(25-20)7-6-13-4-2-1-3-5-13/h1-5,8-12,24H. The molecule has 4 aromatic rings. The third-order valence-corrected chi connectivity index (χ3v) is 3.71. The van der Waals surface area contributed by atoms with E-state index in [0.29, 0.717) is 22.5 Å². The predicted molar refractivity (Wildman–Crippen MR) is 91.7 cm³/mol. The van der Waals surface area contributed by atoms with Crippen LogP contribution in [0.1, 0.15) is 11.3 Å². The van der Waals surface area contributed by atoms with Crippen molar-refractivity contribution in [1.29, 1.82) is 0 Å². The van der Waals surface area contributed by atoms with E-state index in [1.807, 2.05) is 30.3 Å². The van der Waals surface area contributed by atoms with E-state index >= 15 is 0 Å². The van der Waals surface area contributed by atoms with Crippen LogP contribution < -0.4 is 0 Å². The summed E-state index contributed by atoms with van der Waals surface area (Å²) in [5, 5.41) is 0.394. The molecule has 0 spiro atoms. The lowest BCUT2D eigenvalue weighted by molar-refractivity contribution is 0.591. The molecule has 2 aromatic carbocycles. The average Bonchev–Trinajstić information content (AvgIpc) is 3.05. The number of H-pyrrole nitrogens is 1. The van der Waals surface area contributed by atoms with E-state index in [0.717, 1.165) is 11.6 Å². The molecule has 0 aliphatic carbocycles. The third-order valence-electron chi connectivity index (χ3n) is 3.71. The molecule has 0 saturated heterocycles. The smallest absolute Gasteiger partial charge is 0.162 e. The van der Waals surface area contributed by atoms with E-state index in [1.165, 1.54) is 6.07 Å². The number of nitrogens with zero attached hydrogens (tertiary/aromatic N) is 2. The van der Waals surface area contributed by atoms with Crippen molar-refractivity contribution in [3.05, 3.63) is 83.8 Å². The number of hydrogen-bond acceptors (Lipinski definition) is 2. The van der Waals surface area contributed by atoms with Gasteiger partial charge in [-0.1, -0.05) is 24.1 Å². The Morgan fingerprint density at radius 2 is 1.80 bits per heavy atom. The molecule has 0 atom stereocenters. The van der Waals surface area contributed by atoms with Gasteiger partial charge in [-0.3, -0.25) is 0 Å². The first-order chi connectivity index (χ1) is 12.2. The highest BCUT2D eigenvalue weighted by Gasteiger charge is 2.13. The van der Waals surface area contributed by atoms with Crippen molar-refractivity contribution in [3.63, 3.8) is 0 Å². The Hall–Kier alpha value is -3.52. The van der Waals surface area contributed by atoms with Crippen molar-refractivity contribution >= 4 is 10.9 Å². The number of hydrogen-bond donors (Lipinski definition) is 1. The predicted octanol–water partition coefficient (Wildman–Crippen LogP) is 4.30. The summed E-state index contributed by atoms with van der Waals surface area (Å²) in [6, 6.07) is 13.3. The van der Waals surface area contributed by atoms with Crippen LogP contribution in [0.2, 0.25) is 0 Å². The van der Waals surface area contributed by atoms with Crippen LogP contribution in [0, 0.1) is 23.5 Å². The van der Waals surface area contributed by atoms with Crippen LogP contribution in [-0.4, -0.2) is 15.0 Å². The van der Waals surface area contributed by atoms with Crippen LogP contribution in [0.5, 0.6) is 0 Å². The lowest BCUT2D eigenvalue weighted by Crippen LogP contribution is -1.91. The Balaban J connectivity index is 1.77. The van der Waals surface area contributed by atoms with Crippen molar-refractivity contribution in [1.82, 2.24) is 15.0 Å². The van der Waals surface area contributed by atoms with Crippen molar-refractivity contribution in [3.8, 4) is 23.2 Å². The molecule has 1 N–H and O–H groups in total. The summed E-state index contributed by atoms with van der Waals surface area (Å²) in [7, 11) is 0. The largest absolute Gasteiger partial charge is 0.358 e. The number of fused-ring (bicyclic) bond motifs is 1. The number of benzene rings is 2. The Kier molecular flexibility index (Phi) is 3.71. The first-order valence-electron chi connectivity index (χ1n) is 7.57. The summed E-state index contributed by atoms with van der Waals surface area (Å²) in [5.74, 6) is 5.05. The Labute approximate surface area is 142 Å². The molecule has 2 heterocycles. The zero-order chi connectivity index (χ0) is 17.2. The van der Waals surface area contributed by atoms with Gasteiger partial charge in [-0.05, 0) is 30.2 Å². The monoisotopic (exact) mass is 331 g/mol. The molecule has 25 heavy (non-hydrogen) atoms. The summed E-state index contributed by atoms with van der Waals surface area (Å²) >= 11 is 0. The highest BCUT2D eigenvalue weighted by molar-refractivity contribution is 5.94. The quantitative estimate of drug-likeness (QED) is 0.528. The molecule has 0 aliphatic rings. The molecule has 5 heteroatoms. The van der Waals surface area contributed by atoms with Crippen LogP contribution in [0.4, 0.5) is 8.78 Å². The number of aromatic nitrogens is 3. The van der Waals surface area contributed by atoms with Crippen LogP contribution >= 0.6 is 0 Å². The molecule has 2 aromatic heterocycles. The van der Waals surface area contributed by atoms with Gasteiger partial charge in [0.05, 0.1) is 5.52 Å². The second-order valence-corrected chi connectivity index (χ2v) is 5.39. The van der Waals surface area contributed by atoms with Crippen molar-refractivity contribution in [2.24, 2.45) is 0 Å². The fourth-order valence-electron chi connectivity index (χ4n) is 2.56. The van der Waals surface area contributed by atoms with Crippen molar-refractivity contribution in [2.45, 2.75) is 0 Å². The van der Waals surface area contributed by atoms with Gasteiger partial charge in [-0.15, -0.1) is 0 Å². The number of nitrogens with one attached hydrogen (secondary N) is 1. The highest BCUT2D eigenvalue weighted by Crippen LogP contribution is 2.28. The third kappa shape index (κ3) is 2.98. The molecule has 4 rings (SSSR count). The van der Waals surface area contributed by atoms with Crippen LogP contribution in [0.15, 0.2) is 60.9 Å². The summed E-state index contributed by atoms with van der Waals surface area (Å²) in [4.78, 5) is 11.4. The highest BCUT2D eigenvalue weighted by atomic mass is 19.1. The SMILES string of the molecule is Fc1cc(F)c2[nH]cc(-c3nccc(C#Cc4ccccc4)n3)c2c1. The van der Waals surface area contributed by atoms with Gasteiger partial charge in [0.1, 0.15) is 17.3 Å². The van der Waals surface area contributed by atoms with Gasteiger partial charge in [-0.25, -0.2) is 18.7 Å². The first-order valence-corrected chi connectivity index (χ1v) is 7.57. The van der Waals surface area contributed by atoms with E-state index in [2.05, 4.69) is 26.8 Å². The zero-order valence-electron chi connectivity index (χ0n) is 12.9. The average molecular weight is 331 g/mol. The van der Waals surface area contributed by atoms with Gasteiger partial charge in [0.2, 0.25) is 0 Å². The lowest BCUT2D eigenvalue weighted by atomic mass is 10.1. The Bertz CT molecular complexity index is 1120. The molecule has 0 radical (unpaired) electrons. The second-order valence-electron chi connectivity index (χ2n) is 5.39.